The van der Waals surface area contributed by atoms with E-state index in [-0.39, 0.29) is 11.5 Å². The fraction of sp³-hybridized carbons (Fsp3) is 0.450. The standard InChI is InChI=1S/C20H23FN3O10P/c1-10(17(27)28)23-35(30)34-12-5-4-11(31-3)8-13(12)32-9-14-16(26)20(2,21)18(33-14)24-7-6-15(25)22-19(24)29/h4-8,10,14,16,18,26H,9H2,1-3H3,(H,27,28)(H,22,25,29)/t10-,14+,16+,18+,20+/m0/s1. The van der Waals surface area contributed by atoms with Gasteiger partial charge in [-0.2, -0.15) is 0 Å². The van der Waals surface area contributed by atoms with E-state index in [1.54, 1.807) is 0 Å². The zero-order valence-corrected chi connectivity index (χ0v) is 19.7. The molecule has 1 aliphatic heterocycles. The van der Waals surface area contributed by atoms with Gasteiger partial charge in [-0.15, -0.1) is 0 Å². The number of H-pyrrole nitrogens is 1. The number of halogens is 1. The van der Waals surface area contributed by atoms with Crippen LogP contribution >= 0.6 is 8.17 Å². The Bertz CT molecular complexity index is 1230. The van der Waals surface area contributed by atoms with E-state index >= 15 is 4.39 Å². The molecule has 190 valence electrons. The molecule has 15 heteroatoms. The number of carboxylic acids is 1. The van der Waals surface area contributed by atoms with Crippen molar-refractivity contribution in [1.29, 1.82) is 0 Å². The smallest absolute Gasteiger partial charge is 0.395 e. The van der Waals surface area contributed by atoms with Crippen molar-refractivity contribution in [3.05, 3.63) is 51.3 Å². The maximum atomic E-state index is 15.3. The van der Waals surface area contributed by atoms with Crippen LogP contribution in [0.4, 0.5) is 4.39 Å². The zero-order chi connectivity index (χ0) is 25.9. The number of nitrogens with one attached hydrogen (secondary N) is 1. The molecule has 0 amide bonds. The molecule has 0 radical (unpaired) electrons. The molecule has 2 heterocycles. The Hall–Kier alpha value is -3.32. The van der Waals surface area contributed by atoms with Crippen molar-refractivity contribution in [2.24, 2.45) is 4.74 Å². The Morgan fingerprint density at radius 2 is 2.11 bits per heavy atom. The topological polar surface area (TPSA) is 185 Å². The molecule has 1 unspecified atom stereocenters. The molecule has 6 atom stereocenters. The average molecular weight is 515 g/mol. The number of alkyl halides is 1. The number of hydrogen-bond acceptors (Lipinski definition) is 10. The lowest BCUT2D eigenvalue weighted by atomic mass is 9.98. The predicted octanol–water partition coefficient (Wildman–Crippen LogP) is 0.318. The summed E-state index contributed by atoms with van der Waals surface area (Å²) in [5.41, 5.74) is -4.04. The fourth-order valence-electron chi connectivity index (χ4n) is 3.24. The molecule has 0 saturated carbocycles. The second-order valence-corrected chi connectivity index (χ2v) is 8.61. The fourth-order valence-corrected chi connectivity index (χ4v) is 3.98. The number of ether oxygens (including phenoxy) is 3. The number of rotatable bonds is 9. The highest BCUT2D eigenvalue weighted by molar-refractivity contribution is 7.34. The summed E-state index contributed by atoms with van der Waals surface area (Å²) in [5.74, 6) is -1.09. The van der Waals surface area contributed by atoms with Gasteiger partial charge < -0.3 is 29.3 Å². The molecule has 0 aliphatic carbocycles. The number of benzene rings is 1. The van der Waals surface area contributed by atoms with Crippen LogP contribution in [-0.4, -0.2) is 63.4 Å². The summed E-state index contributed by atoms with van der Waals surface area (Å²) < 4.78 is 41.2. The lowest BCUT2D eigenvalue weighted by Gasteiger charge is -2.24. The lowest BCUT2D eigenvalue weighted by molar-refractivity contribution is -0.169. The summed E-state index contributed by atoms with van der Waals surface area (Å²) in [6.45, 7) is 1.83. The first-order valence-electron chi connectivity index (χ1n) is 10.2. The van der Waals surface area contributed by atoms with Gasteiger partial charge in [0.15, 0.2) is 23.7 Å². The van der Waals surface area contributed by atoms with Gasteiger partial charge in [0, 0.05) is 18.3 Å². The van der Waals surface area contributed by atoms with Crippen LogP contribution in [0.25, 0.3) is 0 Å². The summed E-state index contributed by atoms with van der Waals surface area (Å²) in [7, 11) is -1.40. The van der Waals surface area contributed by atoms with Crippen LogP contribution in [0.5, 0.6) is 17.2 Å². The van der Waals surface area contributed by atoms with Crippen LogP contribution in [0.2, 0.25) is 0 Å². The summed E-state index contributed by atoms with van der Waals surface area (Å²) in [5, 5.41) is 19.4. The first-order valence-corrected chi connectivity index (χ1v) is 11.3. The second kappa shape index (κ2) is 10.5. The number of aliphatic hydroxyl groups is 1. The van der Waals surface area contributed by atoms with Gasteiger partial charge >= 0.3 is 19.8 Å². The Morgan fingerprint density at radius 3 is 2.74 bits per heavy atom. The van der Waals surface area contributed by atoms with Crippen molar-refractivity contribution in [3.63, 3.8) is 0 Å². The van der Waals surface area contributed by atoms with Gasteiger partial charge in [-0.1, -0.05) is 4.74 Å². The molecule has 0 bridgehead atoms. The minimum Gasteiger partial charge on any atom is -0.575 e. The maximum Gasteiger partial charge on any atom is 0.395 e. The van der Waals surface area contributed by atoms with Gasteiger partial charge in [-0.05, 0) is 26.0 Å². The summed E-state index contributed by atoms with van der Waals surface area (Å²) in [6.07, 6.45) is -3.52. The SMILES string of the molecule is COc1ccc(O[P+]([O-])=N[C@@H](C)C(=O)O)c(OC[C@H]2O[C@@H](n3ccc(=O)[nH]c3=O)[C@](C)(F)[C@@H]2O)c1. The minimum absolute atomic E-state index is 0.0353. The van der Waals surface area contributed by atoms with Crippen molar-refractivity contribution in [2.45, 2.75) is 44.0 Å². The van der Waals surface area contributed by atoms with E-state index in [0.29, 0.717) is 5.75 Å². The van der Waals surface area contributed by atoms with E-state index in [2.05, 4.69) is 4.74 Å². The maximum absolute atomic E-state index is 15.3. The van der Waals surface area contributed by atoms with E-state index in [0.717, 1.165) is 23.8 Å². The van der Waals surface area contributed by atoms with E-state index < -0.39 is 62.1 Å². The van der Waals surface area contributed by atoms with Gasteiger partial charge in [-0.25, -0.2) is 14.0 Å². The molecule has 1 fully saturated rings. The van der Waals surface area contributed by atoms with Crippen LogP contribution in [0.3, 0.4) is 0 Å². The highest BCUT2D eigenvalue weighted by Gasteiger charge is 2.55. The molecule has 2 aromatic rings. The number of nitrogens with zero attached hydrogens (tertiary/aromatic N) is 2. The van der Waals surface area contributed by atoms with Crippen LogP contribution in [0, 0.1) is 0 Å². The normalized spacial score (nSPS) is 25.2. The van der Waals surface area contributed by atoms with Crippen molar-refractivity contribution in [3.8, 4) is 17.2 Å². The molecule has 3 N–H and O–H groups in total. The number of aromatic nitrogens is 2. The Morgan fingerprint density at radius 1 is 1.40 bits per heavy atom. The highest BCUT2D eigenvalue weighted by Crippen LogP contribution is 2.42. The van der Waals surface area contributed by atoms with E-state index in [4.69, 9.17) is 23.8 Å². The van der Waals surface area contributed by atoms with Gasteiger partial charge in [0.1, 0.15) is 24.6 Å². The van der Waals surface area contributed by atoms with Gasteiger partial charge in [0.25, 0.3) is 5.56 Å². The Balaban J connectivity index is 1.81. The summed E-state index contributed by atoms with van der Waals surface area (Å²) in [6, 6.07) is 3.90. The van der Waals surface area contributed by atoms with E-state index in [1.807, 2.05) is 4.98 Å². The summed E-state index contributed by atoms with van der Waals surface area (Å²) in [4.78, 5) is 48.4. The molecule has 1 aromatic carbocycles. The number of hydrogen-bond donors (Lipinski definition) is 3. The minimum atomic E-state index is -2.78. The molecule has 1 aromatic heterocycles. The molecule has 0 spiro atoms. The number of carbonyl (C=O) groups is 1. The Labute approximate surface area is 198 Å². The number of carboxylic acid groups (broad SMARTS) is 1. The first-order chi connectivity index (χ1) is 16.4. The van der Waals surface area contributed by atoms with E-state index in [9.17, 15) is 24.4 Å². The monoisotopic (exact) mass is 515 g/mol. The number of methoxy groups -OCH3 is 1. The van der Waals surface area contributed by atoms with Gasteiger partial charge in [-0.3, -0.25) is 18.9 Å². The molecule has 1 saturated heterocycles. The summed E-state index contributed by atoms with van der Waals surface area (Å²) >= 11 is 0. The van der Waals surface area contributed by atoms with Crippen molar-refractivity contribution in [2.75, 3.05) is 13.7 Å². The quantitative estimate of drug-likeness (QED) is 0.393. The first kappa shape index (κ1) is 26.3. The van der Waals surface area contributed by atoms with Crippen LogP contribution in [-0.2, 0) is 9.53 Å². The largest absolute Gasteiger partial charge is 0.575 e. The van der Waals surface area contributed by atoms with Gasteiger partial charge in [0.05, 0.1) is 7.11 Å². The van der Waals surface area contributed by atoms with Gasteiger partial charge in [0.2, 0.25) is 5.75 Å². The third-order valence-corrected chi connectivity index (χ3v) is 6.06. The molecule has 1 aliphatic rings. The highest BCUT2D eigenvalue weighted by atomic mass is 31.1. The second-order valence-electron chi connectivity index (χ2n) is 7.72. The molecular weight excluding hydrogens is 492 g/mol. The molecular formula is C20H23FN3O10P. The number of aliphatic hydroxyl groups excluding tert-OH is 1. The number of aromatic amines is 1. The van der Waals surface area contributed by atoms with Crippen molar-refractivity contribution < 1.29 is 43.0 Å². The molecule has 3 rings (SSSR count). The number of aliphatic carboxylic acids is 1. The van der Waals surface area contributed by atoms with Crippen LogP contribution < -0.4 is 30.1 Å². The molecule has 13 nitrogen and oxygen atoms in total. The zero-order valence-electron chi connectivity index (χ0n) is 18.8. The third kappa shape index (κ3) is 5.85. The Kier molecular flexibility index (Phi) is 7.90. The van der Waals surface area contributed by atoms with Crippen LogP contribution in [0.1, 0.15) is 20.1 Å². The average Bonchev–Trinajstić information content (AvgIpc) is 3.01. The van der Waals surface area contributed by atoms with Crippen LogP contribution in [0.15, 0.2) is 44.8 Å². The predicted molar refractivity (Wildman–Crippen MR) is 116 cm³/mol. The third-order valence-electron chi connectivity index (χ3n) is 5.18. The molecule has 35 heavy (non-hydrogen) atoms. The van der Waals surface area contributed by atoms with Crippen molar-refractivity contribution >= 4 is 14.1 Å². The lowest BCUT2D eigenvalue weighted by Crippen LogP contribution is -2.43. The van der Waals surface area contributed by atoms with Crippen molar-refractivity contribution in [1.82, 2.24) is 9.55 Å². The van der Waals surface area contributed by atoms with E-state index in [1.165, 1.54) is 32.2 Å².